The first kappa shape index (κ1) is 15.9. The number of hydrogen-bond acceptors (Lipinski definition) is 4. The second-order valence-corrected chi connectivity index (χ2v) is 4.18. The van der Waals surface area contributed by atoms with Crippen LogP contribution in [0.5, 0.6) is 0 Å². The van der Waals surface area contributed by atoms with Gasteiger partial charge in [-0.1, -0.05) is 6.92 Å². The lowest BCUT2D eigenvalue weighted by atomic mass is 10.2. The van der Waals surface area contributed by atoms with Gasteiger partial charge in [0.1, 0.15) is 6.04 Å². The molecule has 2 N–H and O–H groups in total. The highest BCUT2D eigenvalue weighted by Crippen LogP contribution is 1.94. The van der Waals surface area contributed by atoms with Gasteiger partial charge < -0.3 is 10.1 Å². The number of nitrogens with one attached hydrogen (secondary N) is 2. The Balaban J connectivity index is 4.11. The summed E-state index contributed by atoms with van der Waals surface area (Å²) in [5, 5.41) is 5.76. The maximum Gasteiger partial charge on any atom is 0.322 e. The van der Waals surface area contributed by atoms with Gasteiger partial charge in [0.15, 0.2) is 0 Å². The molecular weight excluding hydrogens is 220 g/mol. The Hall–Kier alpha value is -1.10. The molecule has 0 aliphatic carbocycles. The molecule has 0 saturated heterocycles. The average molecular weight is 244 g/mol. The largest absolute Gasteiger partial charge is 0.465 e. The van der Waals surface area contributed by atoms with Crippen molar-refractivity contribution in [2.45, 2.75) is 59.2 Å². The Morgan fingerprint density at radius 1 is 1.12 bits per heavy atom. The van der Waals surface area contributed by atoms with Crippen LogP contribution in [0.1, 0.15) is 41.0 Å². The van der Waals surface area contributed by atoms with Crippen molar-refractivity contribution < 1.29 is 14.3 Å². The molecule has 1 amide bonds. The molecule has 0 rings (SSSR count). The summed E-state index contributed by atoms with van der Waals surface area (Å²) in [6, 6.07) is -0.749. The second kappa shape index (κ2) is 8.06. The SMILES string of the molecule is CCOC(=O)C(C)NC(C)C(=O)NC(C)CC. The molecule has 3 unspecified atom stereocenters. The van der Waals surface area contributed by atoms with Crippen LogP contribution in [0, 0.1) is 0 Å². The number of rotatable bonds is 7. The minimum atomic E-state index is -0.479. The van der Waals surface area contributed by atoms with Crippen LogP contribution in [0.4, 0.5) is 0 Å². The summed E-state index contributed by atoms with van der Waals surface area (Å²) in [4.78, 5) is 23.1. The molecular formula is C12H24N2O3. The molecule has 0 fully saturated rings. The Morgan fingerprint density at radius 2 is 1.71 bits per heavy atom. The first-order valence-electron chi connectivity index (χ1n) is 6.15. The molecule has 0 aliphatic heterocycles. The summed E-state index contributed by atoms with van der Waals surface area (Å²) in [5.74, 6) is -0.439. The van der Waals surface area contributed by atoms with Gasteiger partial charge in [-0.25, -0.2) is 0 Å². The van der Waals surface area contributed by atoms with Crippen LogP contribution in [0.15, 0.2) is 0 Å². The third kappa shape index (κ3) is 6.26. The Morgan fingerprint density at radius 3 is 2.18 bits per heavy atom. The normalized spacial score (nSPS) is 15.8. The summed E-state index contributed by atoms with van der Waals surface area (Å²) in [6.45, 7) is 9.46. The van der Waals surface area contributed by atoms with Crippen molar-refractivity contribution in [3.8, 4) is 0 Å². The van der Waals surface area contributed by atoms with Crippen LogP contribution in [0.2, 0.25) is 0 Å². The number of esters is 1. The van der Waals surface area contributed by atoms with Gasteiger partial charge >= 0.3 is 5.97 Å². The molecule has 0 saturated carbocycles. The molecule has 0 radical (unpaired) electrons. The fourth-order valence-corrected chi connectivity index (χ4v) is 1.26. The van der Waals surface area contributed by atoms with Gasteiger partial charge in [-0.2, -0.15) is 0 Å². The molecule has 0 aromatic rings. The lowest BCUT2D eigenvalue weighted by molar-refractivity contribution is -0.145. The van der Waals surface area contributed by atoms with E-state index < -0.39 is 12.1 Å². The molecule has 0 spiro atoms. The summed E-state index contributed by atoms with van der Waals surface area (Å²) in [5.41, 5.74) is 0. The van der Waals surface area contributed by atoms with Crippen molar-refractivity contribution in [3.05, 3.63) is 0 Å². The zero-order chi connectivity index (χ0) is 13.4. The quantitative estimate of drug-likeness (QED) is 0.651. The van der Waals surface area contributed by atoms with E-state index in [0.29, 0.717) is 6.61 Å². The summed E-state index contributed by atoms with van der Waals surface area (Å²) >= 11 is 0. The van der Waals surface area contributed by atoms with Crippen molar-refractivity contribution >= 4 is 11.9 Å². The summed E-state index contributed by atoms with van der Waals surface area (Å²) in [7, 11) is 0. The van der Waals surface area contributed by atoms with Gasteiger partial charge in [0, 0.05) is 6.04 Å². The van der Waals surface area contributed by atoms with Crippen LogP contribution in [0.25, 0.3) is 0 Å². The Labute approximate surface area is 103 Å². The van der Waals surface area contributed by atoms with Gasteiger partial charge in [-0.3, -0.25) is 14.9 Å². The zero-order valence-electron chi connectivity index (χ0n) is 11.4. The molecule has 5 heteroatoms. The fourth-order valence-electron chi connectivity index (χ4n) is 1.26. The van der Waals surface area contributed by atoms with Gasteiger partial charge in [-0.05, 0) is 34.1 Å². The lowest BCUT2D eigenvalue weighted by Crippen LogP contribution is -2.50. The number of carbonyl (C=O) groups is 2. The highest BCUT2D eigenvalue weighted by atomic mass is 16.5. The van der Waals surface area contributed by atoms with Crippen LogP contribution in [0.3, 0.4) is 0 Å². The van der Waals surface area contributed by atoms with Gasteiger partial charge in [0.25, 0.3) is 0 Å². The van der Waals surface area contributed by atoms with Gasteiger partial charge in [0.2, 0.25) is 5.91 Å². The third-order valence-corrected chi connectivity index (χ3v) is 2.53. The molecule has 0 bridgehead atoms. The van der Waals surface area contributed by atoms with Crippen molar-refractivity contribution in [1.82, 2.24) is 10.6 Å². The average Bonchev–Trinajstić information content (AvgIpc) is 2.28. The van der Waals surface area contributed by atoms with Crippen LogP contribution in [-0.4, -0.2) is 36.6 Å². The van der Waals surface area contributed by atoms with Crippen LogP contribution >= 0.6 is 0 Å². The predicted octanol–water partition coefficient (Wildman–Crippen LogP) is 0.831. The van der Waals surface area contributed by atoms with Gasteiger partial charge in [-0.15, -0.1) is 0 Å². The summed E-state index contributed by atoms with van der Waals surface area (Å²) < 4.78 is 4.85. The van der Waals surface area contributed by atoms with Crippen molar-refractivity contribution in [3.63, 3.8) is 0 Å². The van der Waals surface area contributed by atoms with E-state index in [0.717, 1.165) is 6.42 Å². The van der Waals surface area contributed by atoms with E-state index in [4.69, 9.17) is 4.74 Å². The van der Waals surface area contributed by atoms with Crippen LogP contribution in [-0.2, 0) is 14.3 Å². The highest BCUT2D eigenvalue weighted by Gasteiger charge is 2.21. The van der Waals surface area contributed by atoms with E-state index in [9.17, 15) is 9.59 Å². The molecule has 0 aromatic heterocycles. The number of amides is 1. The minimum absolute atomic E-state index is 0.101. The Bertz CT molecular complexity index is 256. The van der Waals surface area contributed by atoms with Crippen molar-refractivity contribution in [2.75, 3.05) is 6.61 Å². The zero-order valence-corrected chi connectivity index (χ0v) is 11.4. The van der Waals surface area contributed by atoms with E-state index in [1.807, 2.05) is 13.8 Å². The van der Waals surface area contributed by atoms with E-state index in [1.54, 1.807) is 20.8 Å². The fraction of sp³-hybridized carbons (Fsp3) is 0.833. The Kier molecular flexibility index (Phi) is 7.54. The first-order chi connectivity index (χ1) is 7.92. The molecule has 3 atom stereocenters. The smallest absolute Gasteiger partial charge is 0.322 e. The molecule has 100 valence electrons. The topological polar surface area (TPSA) is 67.4 Å². The van der Waals surface area contributed by atoms with Crippen LogP contribution < -0.4 is 10.6 Å². The standard InChI is InChI=1S/C12H24N2O3/c1-6-8(3)13-11(15)9(4)14-10(5)12(16)17-7-2/h8-10,14H,6-7H2,1-5H3,(H,13,15). The maximum atomic E-state index is 11.7. The van der Waals surface area contributed by atoms with E-state index in [2.05, 4.69) is 10.6 Å². The predicted molar refractivity (Wildman–Crippen MR) is 66.6 cm³/mol. The van der Waals surface area contributed by atoms with E-state index in [-0.39, 0.29) is 17.9 Å². The number of hydrogen-bond donors (Lipinski definition) is 2. The minimum Gasteiger partial charge on any atom is -0.465 e. The van der Waals surface area contributed by atoms with E-state index >= 15 is 0 Å². The molecule has 0 aliphatic rings. The maximum absolute atomic E-state index is 11.7. The van der Waals surface area contributed by atoms with E-state index in [1.165, 1.54) is 0 Å². The molecule has 5 nitrogen and oxygen atoms in total. The second-order valence-electron chi connectivity index (χ2n) is 4.18. The monoisotopic (exact) mass is 244 g/mol. The number of carbonyl (C=O) groups excluding carboxylic acids is 2. The number of ether oxygens (including phenoxy) is 1. The third-order valence-electron chi connectivity index (χ3n) is 2.53. The highest BCUT2D eigenvalue weighted by molar-refractivity contribution is 5.83. The molecule has 0 aromatic carbocycles. The molecule has 0 heterocycles. The summed E-state index contributed by atoms with van der Waals surface area (Å²) in [6.07, 6.45) is 0.881. The first-order valence-corrected chi connectivity index (χ1v) is 6.15. The van der Waals surface area contributed by atoms with Crippen molar-refractivity contribution in [1.29, 1.82) is 0 Å². The van der Waals surface area contributed by atoms with Gasteiger partial charge in [0.05, 0.1) is 12.6 Å². The lowest BCUT2D eigenvalue weighted by Gasteiger charge is -2.20. The van der Waals surface area contributed by atoms with Crippen molar-refractivity contribution in [2.24, 2.45) is 0 Å². The molecule has 17 heavy (non-hydrogen) atoms.